The summed E-state index contributed by atoms with van der Waals surface area (Å²) in [6.45, 7) is 1.69. The Labute approximate surface area is 123 Å². The minimum Gasteiger partial charge on any atom is -0.398 e. The zero-order valence-electron chi connectivity index (χ0n) is 11.7. The lowest BCUT2D eigenvalue weighted by atomic mass is 9.99. The topological polar surface area (TPSA) is 29.3 Å². The molecule has 0 saturated heterocycles. The highest BCUT2D eigenvalue weighted by Crippen LogP contribution is 2.32. The number of benzene rings is 2. The van der Waals surface area contributed by atoms with Crippen molar-refractivity contribution >= 4 is 11.4 Å². The Balaban J connectivity index is 1.82. The van der Waals surface area contributed by atoms with Crippen LogP contribution in [0.25, 0.3) is 0 Å². The van der Waals surface area contributed by atoms with Gasteiger partial charge in [-0.15, -0.1) is 0 Å². The third-order valence-corrected chi connectivity index (χ3v) is 3.99. The van der Waals surface area contributed by atoms with Crippen LogP contribution < -0.4 is 10.6 Å². The van der Waals surface area contributed by atoms with E-state index in [1.165, 1.54) is 23.4 Å². The number of nitrogens with two attached hydrogens (primary N) is 1. The first-order chi connectivity index (χ1) is 10.1. The number of alkyl halides is 2. The summed E-state index contributed by atoms with van der Waals surface area (Å²) in [6, 6.07) is 12.5. The lowest BCUT2D eigenvalue weighted by Crippen LogP contribution is -2.29. The van der Waals surface area contributed by atoms with Crippen molar-refractivity contribution in [2.75, 3.05) is 17.2 Å². The van der Waals surface area contributed by atoms with Crippen LogP contribution in [0.2, 0.25) is 0 Å². The minimum absolute atomic E-state index is 0.0713. The second-order valence-corrected chi connectivity index (χ2v) is 5.41. The van der Waals surface area contributed by atoms with Gasteiger partial charge in [0.1, 0.15) is 0 Å². The molecule has 1 aliphatic heterocycles. The van der Waals surface area contributed by atoms with E-state index in [-0.39, 0.29) is 5.56 Å². The van der Waals surface area contributed by atoms with Crippen LogP contribution >= 0.6 is 0 Å². The van der Waals surface area contributed by atoms with Gasteiger partial charge in [-0.1, -0.05) is 30.3 Å². The fourth-order valence-corrected chi connectivity index (χ4v) is 2.88. The van der Waals surface area contributed by atoms with E-state index in [0.29, 0.717) is 0 Å². The molecule has 2 aromatic rings. The molecule has 0 fully saturated rings. The van der Waals surface area contributed by atoms with Gasteiger partial charge in [-0.25, -0.2) is 8.78 Å². The zero-order valence-corrected chi connectivity index (χ0v) is 11.7. The third-order valence-electron chi connectivity index (χ3n) is 3.99. The molecule has 0 bridgehead atoms. The van der Waals surface area contributed by atoms with Crippen molar-refractivity contribution in [1.82, 2.24) is 0 Å². The van der Waals surface area contributed by atoms with Crippen molar-refractivity contribution in [3.8, 4) is 0 Å². The van der Waals surface area contributed by atoms with Crippen LogP contribution in [0.15, 0.2) is 42.5 Å². The van der Waals surface area contributed by atoms with Crippen LogP contribution in [-0.4, -0.2) is 6.54 Å². The smallest absolute Gasteiger partial charge is 0.263 e. The summed E-state index contributed by atoms with van der Waals surface area (Å²) in [7, 11) is 0. The Kier molecular flexibility index (Phi) is 3.78. The number of fused-ring (bicyclic) bond motifs is 1. The minimum atomic E-state index is -2.41. The monoisotopic (exact) mass is 288 g/mol. The lowest BCUT2D eigenvalue weighted by molar-refractivity contribution is 0.151. The Hall–Kier alpha value is -2.10. The molecule has 2 N–H and O–H groups in total. The highest BCUT2D eigenvalue weighted by atomic mass is 19.3. The van der Waals surface area contributed by atoms with Crippen molar-refractivity contribution in [1.29, 1.82) is 0 Å². The molecule has 0 spiro atoms. The van der Waals surface area contributed by atoms with Crippen molar-refractivity contribution in [3.63, 3.8) is 0 Å². The first kappa shape index (κ1) is 13.9. The van der Waals surface area contributed by atoms with Crippen LogP contribution in [0.5, 0.6) is 0 Å². The van der Waals surface area contributed by atoms with Crippen LogP contribution in [0.4, 0.5) is 20.2 Å². The van der Waals surface area contributed by atoms with Gasteiger partial charge in [-0.05, 0) is 36.1 Å². The van der Waals surface area contributed by atoms with Gasteiger partial charge in [0, 0.05) is 30.0 Å². The van der Waals surface area contributed by atoms with Crippen molar-refractivity contribution in [2.45, 2.75) is 25.8 Å². The molecular formula is C17H18F2N2. The summed E-state index contributed by atoms with van der Waals surface area (Å²) in [5.74, 6) is 0. The Morgan fingerprint density at radius 3 is 2.57 bits per heavy atom. The molecule has 0 unspecified atom stereocenters. The molecule has 2 nitrogen and oxygen atoms in total. The van der Waals surface area contributed by atoms with E-state index in [9.17, 15) is 8.78 Å². The number of nitrogens with zero attached hydrogens (tertiary/aromatic N) is 1. The average molecular weight is 288 g/mol. The lowest BCUT2D eigenvalue weighted by Gasteiger charge is -2.32. The van der Waals surface area contributed by atoms with Crippen LogP contribution in [-0.2, 0) is 13.0 Å². The molecule has 0 radical (unpaired) electrons. The fourth-order valence-electron chi connectivity index (χ4n) is 2.88. The largest absolute Gasteiger partial charge is 0.398 e. The number of rotatable bonds is 3. The first-order valence-electron chi connectivity index (χ1n) is 7.14. The molecule has 4 heteroatoms. The van der Waals surface area contributed by atoms with Gasteiger partial charge in [0.25, 0.3) is 6.43 Å². The molecule has 0 saturated carbocycles. The van der Waals surface area contributed by atoms with Crippen molar-refractivity contribution < 1.29 is 8.78 Å². The molecular weight excluding hydrogens is 270 g/mol. The molecule has 21 heavy (non-hydrogen) atoms. The van der Waals surface area contributed by atoms with E-state index >= 15 is 0 Å². The maximum Gasteiger partial charge on any atom is 0.263 e. The molecule has 0 aliphatic carbocycles. The van der Waals surface area contributed by atoms with Crippen LogP contribution in [0.1, 0.15) is 29.5 Å². The molecule has 0 amide bonds. The summed E-state index contributed by atoms with van der Waals surface area (Å²) < 4.78 is 25.1. The van der Waals surface area contributed by atoms with Gasteiger partial charge in [0.15, 0.2) is 0 Å². The normalized spacial score (nSPS) is 14.3. The Morgan fingerprint density at radius 1 is 1.10 bits per heavy atom. The van der Waals surface area contributed by atoms with E-state index < -0.39 is 6.43 Å². The zero-order chi connectivity index (χ0) is 14.8. The number of hydrogen-bond acceptors (Lipinski definition) is 2. The van der Waals surface area contributed by atoms with E-state index in [2.05, 4.69) is 11.0 Å². The van der Waals surface area contributed by atoms with E-state index in [4.69, 9.17) is 5.73 Å². The van der Waals surface area contributed by atoms with E-state index in [0.717, 1.165) is 37.2 Å². The third kappa shape index (κ3) is 2.84. The quantitative estimate of drug-likeness (QED) is 0.859. The summed E-state index contributed by atoms with van der Waals surface area (Å²) in [6.07, 6.45) is -0.339. The average Bonchev–Trinajstić information content (AvgIpc) is 2.49. The number of halogens is 2. The van der Waals surface area contributed by atoms with Gasteiger partial charge in [0.05, 0.1) is 0 Å². The van der Waals surface area contributed by atoms with E-state index in [1.54, 1.807) is 12.1 Å². The maximum absolute atomic E-state index is 12.6. The molecule has 1 heterocycles. The molecule has 1 aliphatic rings. The molecule has 0 aromatic heterocycles. The highest BCUT2D eigenvalue weighted by molar-refractivity contribution is 5.66. The maximum atomic E-state index is 12.6. The SMILES string of the molecule is Nc1cccc2c1CCCN2Cc1ccc(C(F)F)cc1. The molecule has 110 valence electrons. The van der Waals surface area contributed by atoms with E-state index in [1.807, 2.05) is 12.1 Å². The van der Waals surface area contributed by atoms with Crippen molar-refractivity contribution in [3.05, 3.63) is 59.2 Å². The van der Waals surface area contributed by atoms with Gasteiger partial charge in [0.2, 0.25) is 0 Å². The summed E-state index contributed by atoms with van der Waals surface area (Å²) in [4.78, 5) is 2.27. The first-order valence-corrected chi connectivity index (χ1v) is 7.14. The van der Waals surface area contributed by atoms with Gasteiger partial charge < -0.3 is 10.6 Å². The summed E-state index contributed by atoms with van der Waals surface area (Å²) >= 11 is 0. The highest BCUT2D eigenvalue weighted by Gasteiger charge is 2.18. The predicted molar refractivity (Wildman–Crippen MR) is 81.6 cm³/mol. The number of nitrogen functional groups attached to an aromatic ring is 1. The second kappa shape index (κ2) is 5.72. The van der Waals surface area contributed by atoms with Crippen molar-refractivity contribution in [2.24, 2.45) is 0 Å². The summed E-state index contributed by atoms with van der Waals surface area (Å²) in [5, 5.41) is 0. The van der Waals surface area contributed by atoms with Gasteiger partial charge in [-0.3, -0.25) is 0 Å². The number of anilines is 2. The van der Waals surface area contributed by atoms with Gasteiger partial charge >= 0.3 is 0 Å². The predicted octanol–water partition coefficient (Wildman–Crippen LogP) is 4.16. The molecule has 2 aromatic carbocycles. The molecule has 0 atom stereocenters. The Morgan fingerprint density at radius 2 is 1.86 bits per heavy atom. The molecule has 3 rings (SSSR count). The Bertz CT molecular complexity index is 623. The summed E-state index contributed by atoms with van der Waals surface area (Å²) in [5.41, 5.74) is 10.4. The van der Waals surface area contributed by atoms with Crippen LogP contribution in [0, 0.1) is 0 Å². The standard InChI is InChI=1S/C17H18F2N2/c18-17(19)13-8-6-12(7-9-13)11-21-10-2-3-14-15(20)4-1-5-16(14)21/h1,4-9,17H,2-3,10-11,20H2. The number of hydrogen-bond donors (Lipinski definition) is 1. The van der Waals surface area contributed by atoms with Crippen LogP contribution in [0.3, 0.4) is 0 Å². The fraction of sp³-hybridized carbons (Fsp3) is 0.294. The second-order valence-electron chi connectivity index (χ2n) is 5.41. The van der Waals surface area contributed by atoms with Gasteiger partial charge in [-0.2, -0.15) is 0 Å².